The van der Waals surface area contributed by atoms with Crippen LogP contribution in [0.4, 0.5) is 0 Å². The van der Waals surface area contributed by atoms with Crippen molar-refractivity contribution in [3.8, 4) is 0 Å². The van der Waals surface area contributed by atoms with E-state index in [9.17, 15) is 14.7 Å². The van der Waals surface area contributed by atoms with E-state index in [1.165, 1.54) is 4.40 Å². The maximum absolute atomic E-state index is 12.1. The van der Waals surface area contributed by atoms with Gasteiger partial charge in [0.05, 0.1) is 5.60 Å². The Labute approximate surface area is 127 Å². The second kappa shape index (κ2) is 5.92. The van der Waals surface area contributed by atoms with Crippen molar-refractivity contribution in [3.63, 3.8) is 0 Å². The lowest BCUT2D eigenvalue weighted by Crippen LogP contribution is -2.45. The number of pyridine rings is 1. The molecule has 0 spiro atoms. The summed E-state index contributed by atoms with van der Waals surface area (Å²) in [5.41, 5.74) is -0.647. The maximum atomic E-state index is 12.1. The lowest BCUT2D eigenvalue weighted by atomic mass is 9.85. The quantitative estimate of drug-likeness (QED) is 0.850. The Morgan fingerprint density at radius 1 is 1.32 bits per heavy atom. The first-order chi connectivity index (χ1) is 10.6. The minimum Gasteiger partial charge on any atom is -0.388 e. The Hall–Kier alpha value is -2.15. The molecule has 0 unspecified atom stereocenters. The molecule has 1 fully saturated rings. The molecule has 0 saturated heterocycles. The van der Waals surface area contributed by atoms with Crippen LogP contribution >= 0.6 is 0 Å². The molecule has 7 heteroatoms. The van der Waals surface area contributed by atoms with Gasteiger partial charge in [0, 0.05) is 12.7 Å². The number of carbonyl (C=O) groups is 1. The number of aliphatic hydroxyl groups is 1. The molecule has 2 N–H and O–H groups in total. The molecular formula is C15H20N4O3. The predicted octanol–water partition coefficient (Wildman–Crippen LogP) is 0.307. The molecule has 1 saturated carbocycles. The lowest BCUT2D eigenvalue weighted by molar-refractivity contribution is -0.123. The Bertz CT molecular complexity index is 728. The van der Waals surface area contributed by atoms with E-state index in [4.69, 9.17) is 0 Å². The van der Waals surface area contributed by atoms with Crippen molar-refractivity contribution in [2.45, 2.75) is 44.2 Å². The van der Waals surface area contributed by atoms with Gasteiger partial charge in [-0.3, -0.25) is 9.20 Å². The summed E-state index contributed by atoms with van der Waals surface area (Å²) in [4.78, 5) is 24.1. The Morgan fingerprint density at radius 3 is 2.82 bits per heavy atom. The van der Waals surface area contributed by atoms with Crippen LogP contribution in [0.3, 0.4) is 0 Å². The van der Waals surface area contributed by atoms with Crippen molar-refractivity contribution >= 4 is 11.6 Å². The van der Waals surface area contributed by atoms with Gasteiger partial charge >= 0.3 is 5.69 Å². The molecule has 1 aliphatic rings. The van der Waals surface area contributed by atoms with Crippen LogP contribution in [0, 0.1) is 0 Å². The lowest BCUT2D eigenvalue weighted by Gasteiger charge is -2.32. The zero-order chi connectivity index (χ0) is 15.6. The Kier molecular flexibility index (Phi) is 3.98. The largest absolute Gasteiger partial charge is 0.388 e. The van der Waals surface area contributed by atoms with Gasteiger partial charge in [-0.1, -0.05) is 25.3 Å². The molecule has 0 bridgehead atoms. The minimum atomic E-state index is -0.808. The van der Waals surface area contributed by atoms with Crippen molar-refractivity contribution in [3.05, 3.63) is 34.9 Å². The number of nitrogens with zero attached hydrogens (tertiary/aromatic N) is 3. The fourth-order valence-electron chi connectivity index (χ4n) is 2.91. The molecule has 1 amide bonds. The van der Waals surface area contributed by atoms with Gasteiger partial charge in [0.2, 0.25) is 5.91 Å². The van der Waals surface area contributed by atoms with Crippen molar-refractivity contribution in [1.82, 2.24) is 19.5 Å². The third kappa shape index (κ3) is 3.04. The van der Waals surface area contributed by atoms with Crippen LogP contribution in [-0.4, -0.2) is 37.3 Å². The third-order valence-electron chi connectivity index (χ3n) is 4.18. The predicted molar refractivity (Wildman–Crippen MR) is 80.5 cm³/mol. The van der Waals surface area contributed by atoms with E-state index in [0.717, 1.165) is 23.9 Å². The molecule has 1 aliphatic carbocycles. The van der Waals surface area contributed by atoms with Gasteiger partial charge in [0.1, 0.15) is 6.54 Å². The first kappa shape index (κ1) is 14.8. The fourth-order valence-corrected chi connectivity index (χ4v) is 2.91. The molecule has 2 aromatic heterocycles. The highest BCUT2D eigenvalue weighted by molar-refractivity contribution is 5.75. The van der Waals surface area contributed by atoms with E-state index < -0.39 is 5.60 Å². The number of rotatable bonds is 4. The van der Waals surface area contributed by atoms with E-state index in [0.29, 0.717) is 18.5 Å². The summed E-state index contributed by atoms with van der Waals surface area (Å²) in [6, 6.07) is 5.23. The fraction of sp³-hybridized carbons (Fsp3) is 0.533. The van der Waals surface area contributed by atoms with E-state index >= 15 is 0 Å². The van der Waals surface area contributed by atoms with Crippen LogP contribution in [0.1, 0.15) is 32.1 Å². The summed E-state index contributed by atoms with van der Waals surface area (Å²) < 4.78 is 2.53. The first-order valence-electron chi connectivity index (χ1n) is 7.61. The molecule has 0 radical (unpaired) electrons. The van der Waals surface area contributed by atoms with Crippen LogP contribution in [0.2, 0.25) is 0 Å². The SMILES string of the molecule is O=C(Cn1nc2ccccn2c1=O)NCC1(O)CCCCC1. The monoisotopic (exact) mass is 304 g/mol. The van der Waals surface area contributed by atoms with E-state index in [2.05, 4.69) is 10.4 Å². The molecular weight excluding hydrogens is 284 g/mol. The van der Waals surface area contributed by atoms with Crippen molar-refractivity contribution in [2.75, 3.05) is 6.54 Å². The van der Waals surface area contributed by atoms with Gasteiger partial charge in [-0.25, -0.2) is 9.48 Å². The number of aromatic nitrogens is 3. The summed E-state index contributed by atoms with van der Waals surface area (Å²) in [5.74, 6) is -0.315. The molecule has 3 rings (SSSR count). The third-order valence-corrected chi connectivity index (χ3v) is 4.18. The van der Waals surface area contributed by atoms with Crippen LogP contribution < -0.4 is 11.0 Å². The highest BCUT2D eigenvalue weighted by atomic mass is 16.3. The Morgan fingerprint density at radius 2 is 2.09 bits per heavy atom. The number of fused-ring (bicyclic) bond motifs is 1. The van der Waals surface area contributed by atoms with Gasteiger partial charge in [-0.2, -0.15) is 0 Å². The number of nitrogens with one attached hydrogen (secondary N) is 1. The minimum absolute atomic E-state index is 0.142. The molecule has 0 aliphatic heterocycles. The summed E-state index contributed by atoms with van der Waals surface area (Å²) >= 11 is 0. The van der Waals surface area contributed by atoms with Gasteiger partial charge in [0.25, 0.3) is 0 Å². The number of carbonyl (C=O) groups excluding carboxylic acids is 1. The highest BCUT2D eigenvalue weighted by Crippen LogP contribution is 2.27. The van der Waals surface area contributed by atoms with Crippen molar-refractivity contribution in [2.24, 2.45) is 0 Å². The van der Waals surface area contributed by atoms with Crippen LogP contribution in [0.5, 0.6) is 0 Å². The van der Waals surface area contributed by atoms with E-state index in [1.807, 2.05) is 0 Å². The molecule has 2 heterocycles. The van der Waals surface area contributed by atoms with Crippen LogP contribution in [0.25, 0.3) is 5.65 Å². The number of hydrogen-bond donors (Lipinski definition) is 2. The summed E-state index contributed by atoms with van der Waals surface area (Å²) in [5, 5.41) is 17.2. The van der Waals surface area contributed by atoms with Gasteiger partial charge in [-0.15, -0.1) is 5.10 Å². The highest BCUT2D eigenvalue weighted by Gasteiger charge is 2.29. The number of hydrogen-bond acceptors (Lipinski definition) is 4. The molecule has 2 aromatic rings. The topological polar surface area (TPSA) is 88.6 Å². The van der Waals surface area contributed by atoms with E-state index in [1.54, 1.807) is 24.4 Å². The normalized spacial score (nSPS) is 17.5. The Balaban J connectivity index is 1.63. The first-order valence-corrected chi connectivity index (χ1v) is 7.61. The standard InChI is InChI=1S/C15H20N4O3/c20-13(16-11-15(22)7-3-1-4-8-15)10-19-14(21)18-9-5-2-6-12(18)17-19/h2,5-6,9,22H,1,3-4,7-8,10-11H2,(H,16,20). The summed E-state index contributed by atoms with van der Waals surface area (Å²) in [6.45, 7) is 0.0878. The van der Waals surface area contributed by atoms with Gasteiger partial charge in [-0.05, 0) is 25.0 Å². The average Bonchev–Trinajstić information content (AvgIpc) is 2.83. The van der Waals surface area contributed by atoms with Crippen molar-refractivity contribution in [1.29, 1.82) is 0 Å². The second-order valence-corrected chi connectivity index (χ2v) is 5.93. The zero-order valence-corrected chi connectivity index (χ0v) is 12.4. The zero-order valence-electron chi connectivity index (χ0n) is 12.4. The van der Waals surface area contributed by atoms with Gasteiger partial charge in [0.15, 0.2) is 5.65 Å². The molecule has 0 aromatic carbocycles. The smallest absolute Gasteiger partial charge is 0.350 e. The van der Waals surface area contributed by atoms with Crippen molar-refractivity contribution < 1.29 is 9.90 Å². The van der Waals surface area contributed by atoms with E-state index in [-0.39, 0.29) is 24.7 Å². The number of amides is 1. The molecule has 7 nitrogen and oxygen atoms in total. The molecule has 22 heavy (non-hydrogen) atoms. The van der Waals surface area contributed by atoms with Crippen LogP contribution in [0.15, 0.2) is 29.2 Å². The summed E-state index contributed by atoms with van der Waals surface area (Å²) in [6.07, 6.45) is 6.14. The second-order valence-electron chi connectivity index (χ2n) is 5.93. The molecule has 118 valence electrons. The molecule has 0 atom stereocenters. The average molecular weight is 304 g/mol. The van der Waals surface area contributed by atoms with Crippen LogP contribution in [-0.2, 0) is 11.3 Å². The summed E-state index contributed by atoms with van der Waals surface area (Å²) in [7, 11) is 0. The maximum Gasteiger partial charge on any atom is 0.350 e. The van der Waals surface area contributed by atoms with Gasteiger partial charge < -0.3 is 10.4 Å².